The van der Waals surface area contributed by atoms with E-state index in [0.717, 1.165) is 5.69 Å². The Morgan fingerprint density at radius 2 is 1.96 bits per heavy atom. The summed E-state index contributed by atoms with van der Waals surface area (Å²) in [5.41, 5.74) is 1.80. The number of carbonyl (C=O) groups is 2. The van der Waals surface area contributed by atoms with Crippen molar-refractivity contribution in [1.29, 1.82) is 5.26 Å². The fourth-order valence-corrected chi connectivity index (χ4v) is 1.97. The molecule has 6 nitrogen and oxygen atoms in total. The Balaban J connectivity index is 1.98. The van der Waals surface area contributed by atoms with E-state index < -0.39 is 0 Å². The highest BCUT2D eigenvalue weighted by Gasteiger charge is 2.12. The molecule has 2 amide bonds. The van der Waals surface area contributed by atoms with Gasteiger partial charge >= 0.3 is 0 Å². The lowest BCUT2D eigenvalue weighted by molar-refractivity contribution is -0.115. The molecule has 0 aliphatic rings. The van der Waals surface area contributed by atoms with Crippen molar-refractivity contribution in [3.63, 3.8) is 0 Å². The smallest absolute Gasteiger partial charge is 0.251 e. The van der Waals surface area contributed by atoms with Crippen LogP contribution < -0.4 is 10.6 Å². The maximum atomic E-state index is 12.2. The molecular weight excluding hydrogens is 292 g/mol. The monoisotopic (exact) mass is 308 g/mol. The molecule has 2 N–H and O–H groups in total. The third kappa shape index (κ3) is 4.64. The van der Waals surface area contributed by atoms with Gasteiger partial charge in [-0.05, 0) is 43.3 Å². The lowest BCUT2D eigenvalue weighted by Gasteiger charge is -2.13. The number of benzene rings is 1. The summed E-state index contributed by atoms with van der Waals surface area (Å²) in [5.74, 6) is -0.605. The van der Waals surface area contributed by atoms with Crippen LogP contribution >= 0.6 is 0 Å². The number of nitrogens with one attached hydrogen (secondary N) is 2. The molecule has 2 aromatic rings. The van der Waals surface area contributed by atoms with E-state index in [2.05, 4.69) is 15.6 Å². The van der Waals surface area contributed by atoms with E-state index in [1.807, 2.05) is 25.1 Å². The second-order valence-electron chi connectivity index (χ2n) is 4.91. The molecule has 1 aromatic carbocycles. The van der Waals surface area contributed by atoms with Crippen LogP contribution in [0.2, 0.25) is 0 Å². The van der Waals surface area contributed by atoms with Crippen molar-refractivity contribution >= 4 is 17.5 Å². The number of carbonyl (C=O) groups excluding carboxylic acids is 2. The van der Waals surface area contributed by atoms with Crippen LogP contribution in [0.15, 0.2) is 48.7 Å². The van der Waals surface area contributed by atoms with Gasteiger partial charge in [-0.2, -0.15) is 5.26 Å². The highest BCUT2D eigenvalue weighted by atomic mass is 16.2. The Kier molecular flexibility index (Phi) is 5.42. The van der Waals surface area contributed by atoms with Crippen LogP contribution in [0.5, 0.6) is 0 Å². The first-order valence-electron chi connectivity index (χ1n) is 7.09. The number of hydrogen-bond acceptors (Lipinski definition) is 4. The number of aromatic nitrogens is 1. The highest BCUT2D eigenvalue weighted by molar-refractivity contribution is 5.96. The lowest BCUT2D eigenvalue weighted by Crippen LogP contribution is -2.27. The summed E-state index contributed by atoms with van der Waals surface area (Å²) in [4.78, 5) is 27.7. The Bertz CT molecular complexity index is 721. The SMILES string of the molecule is C[C@@H](NC(=O)c1ccc(NC(=O)CC#N)cc1)c1ccccn1. The number of amides is 2. The van der Waals surface area contributed by atoms with Crippen LogP contribution in [0.25, 0.3) is 0 Å². The molecule has 0 aliphatic carbocycles. The minimum Gasteiger partial charge on any atom is -0.344 e. The molecule has 23 heavy (non-hydrogen) atoms. The van der Waals surface area contributed by atoms with Crippen molar-refractivity contribution in [2.24, 2.45) is 0 Å². The van der Waals surface area contributed by atoms with Crippen LogP contribution in [0.3, 0.4) is 0 Å². The van der Waals surface area contributed by atoms with Gasteiger partial charge in [0.25, 0.3) is 5.91 Å². The maximum Gasteiger partial charge on any atom is 0.251 e. The van der Waals surface area contributed by atoms with E-state index in [4.69, 9.17) is 5.26 Å². The third-order valence-corrected chi connectivity index (χ3v) is 3.15. The molecule has 6 heteroatoms. The fraction of sp³-hybridized carbons (Fsp3) is 0.176. The summed E-state index contributed by atoms with van der Waals surface area (Å²) in [6.07, 6.45) is 1.47. The van der Waals surface area contributed by atoms with Gasteiger partial charge in [0.05, 0.1) is 17.8 Å². The van der Waals surface area contributed by atoms with Crippen molar-refractivity contribution in [3.8, 4) is 6.07 Å². The highest BCUT2D eigenvalue weighted by Crippen LogP contribution is 2.13. The van der Waals surface area contributed by atoms with Gasteiger partial charge in [-0.25, -0.2) is 0 Å². The molecule has 1 aromatic heterocycles. The predicted molar refractivity (Wildman–Crippen MR) is 85.4 cm³/mol. The van der Waals surface area contributed by atoms with Gasteiger partial charge in [-0.15, -0.1) is 0 Å². The Labute approximate surface area is 134 Å². The quantitative estimate of drug-likeness (QED) is 0.886. The Morgan fingerprint density at radius 3 is 2.57 bits per heavy atom. The second kappa shape index (κ2) is 7.71. The minimum atomic E-state index is -0.381. The summed E-state index contributed by atoms with van der Waals surface area (Å²) < 4.78 is 0. The fourth-order valence-electron chi connectivity index (χ4n) is 1.97. The van der Waals surface area contributed by atoms with Gasteiger partial charge < -0.3 is 10.6 Å². The first kappa shape index (κ1) is 16.2. The molecule has 0 spiro atoms. The molecule has 0 unspecified atom stereocenters. The van der Waals surface area contributed by atoms with Gasteiger partial charge in [0, 0.05) is 17.4 Å². The molecule has 2 rings (SSSR count). The van der Waals surface area contributed by atoms with Crippen LogP contribution in [0.1, 0.15) is 35.4 Å². The standard InChI is InChI=1S/C17H16N4O2/c1-12(15-4-2-3-11-19-15)20-17(23)13-5-7-14(8-6-13)21-16(22)9-10-18/h2-8,11-12H,9H2,1H3,(H,20,23)(H,21,22)/t12-/m1/s1. The van der Waals surface area contributed by atoms with Crippen LogP contribution in [-0.4, -0.2) is 16.8 Å². The number of nitriles is 1. The van der Waals surface area contributed by atoms with E-state index >= 15 is 0 Å². The average molecular weight is 308 g/mol. The molecule has 0 aliphatic heterocycles. The first-order valence-corrected chi connectivity index (χ1v) is 7.09. The third-order valence-electron chi connectivity index (χ3n) is 3.15. The largest absolute Gasteiger partial charge is 0.344 e. The van der Waals surface area contributed by atoms with Crippen molar-refractivity contribution in [2.45, 2.75) is 19.4 Å². The zero-order chi connectivity index (χ0) is 16.7. The molecule has 0 radical (unpaired) electrons. The summed E-state index contributed by atoms with van der Waals surface area (Å²) in [5, 5.41) is 13.9. The van der Waals surface area contributed by atoms with E-state index in [0.29, 0.717) is 11.3 Å². The molecule has 0 fully saturated rings. The number of rotatable bonds is 5. The van der Waals surface area contributed by atoms with Crippen LogP contribution in [-0.2, 0) is 4.79 Å². The van der Waals surface area contributed by atoms with Crippen molar-refractivity contribution < 1.29 is 9.59 Å². The van der Waals surface area contributed by atoms with E-state index in [-0.39, 0.29) is 24.3 Å². The zero-order valence-corrected chi connectivity index (χ0v) is 12.6. The van der Waals surface area contributed by atoms with E-state index in [1.165, 1.54) is 0 Å². The summed E-state index contributed by atoms with van der Waals surface area (Å²) in [6.45, 7) is 1.86. The molecule has 0 saturated heterocycles. The number of anilines is 1. The summed E-state index contributed by atoms with van der Waals surface area (Å²) in [7, 11) is 0. The predicted octanol–water partition coefficient (Wildman–Crippen LogP) is 2.42. The zero-order valence-electron chi connectivity index (χ0n) is 12.6. The second-order valence-corrected chi connectivity index (χ2v) is 4.91. The van der Waals surface area contributed by atoms with Gasteiger partial charge in [-0.3, -0.25) is 14.6 Å². The number of pyridine rings is 1. The van der Waals surface area contributed by atoms with Gasteiger partial charge in [-0.1, -0.05) is 6.07 Å². The Morgan fingerprint density at radius 1 is 1.22 bits per heavy atom. The number of hydrogen-bond donors (Lipinski definition) is 2. The van der Waals surface area contributed by atoms with Gasteiger partial charge in [0.1, 0.15) is 6.42 Å². The summed E-state index contributed by atoms with van der Waals surface area (Å²) in [6, 6.07) is 13.6. The molecule has 1 atom stereocenters. The number of nitrogens with zero attached hydrogens (tertiary/aromatic N) is 2. The van der Waals surface area contributed by atoms with Crippen LogP contribution in [0, 0.1) is 11.3 Å². The van der Waals surface area contributed by atoms with Gasteiger partial charge in [0.2, 0.25) is 5.91 Å². The average Bonchev–Trinajstić information content (AvgIpc) is 2.56. The molecule has 116 valence electrons. The van der Waals surface area contributed by atoms with Crippen molar-refractivity contribution in [2.75, 3.05) is 5.32 Å². The normalized spacial score (nSPS) is 11.1. The molecular formula is C17H16N4O2. The first-order chi connectivity index (χ1) is 11.1. The summed E-state index contributed by atoms with van der Waals surface area (Å²) >= 11 is 0. The van der Waals surface area contributed by atoms with Crippen molar-refractivity contribution in [1.82, 2.24) is 10.3 Å². The topological polar surface area (TPSA) is 94.9 Å². The van der Waals surface area contributed by atoms with E-state index in [9.17, 15) is 9.59 Å². The Hall–Kier alpha value is -3.20. The maximum absolute atomic E-state index is 12.2. The molecule has 1 heterocycles. The van der Waals surface area contributed by atoms with Crippen molar-refractivity contribution in [3.05, 3.63) is 59.9 Å². The minimum absolute atomic E-state index is 0.205. The lowest BCUT2D eigenvalue weighted by atomic mass is 10.1. The molecule has 0 bridgehead atoms. The van der Waals surface area contributed by atoms with E-state index in [1.54, 1.807) is 36.5 Å². The van der Waals surface area contributed by atoms with Crippen LogP contribution in [0.4, 0.5) is 5.69 Å². The molecule has 0 saturated carbocycles. The van der Waals surface area contributed by atoms with Gasteiger partial charge in [0.15, 0.2) is 0 Å².